The smallest absolute Gasteiger partial charge is 0.0152 e. The van der Waals surface area contributed by atoms with Crippen LogP contribution in [0.1, 0.15) is 23.6 Å². The molecule has 0 fully saturated rings. The lowest BCUT2D eigenvalue weighted by atomic mass is 9.95. The molecule has 0 bridgehead atoms. The number of benzene rings is 2. The SMILES string of the molecule is CCc1ccc(-c2ccccc2C)c(C)c1. The van der Waals surface area contributed by atoms with Crippen LogP contribution in [0.3, 0.4) is 0 Å². The first-order valence-electron chi connectivity index (χ1n) is 5.88. The highest BCUT2D eigenvalue weighted by molar-refractivity contribution is 5.70. The highest BCUT2D eigenvalue weighted by atomic mass is 14.1. The van der Waals surface area contributed by atoms with Crippen molar-refractivity contribution in [2.24, 2.45) is 0 Å². The Kier molecular flexibility index (Phi) is 3.09. The van der Waals surface area contributed by atoms with E-state index in [4.69, 9.17) is 0 Å². The van der Waals surface area contributed by atoms with Gasteiger partial charge in [-0.3, -0.25) is 0 Å². The van der Waals surface area contributed by atoms with Gasteiger partial charge in [0.25, 0.3) is 0 Å². The summed E-state index contributed by atoms with van der Waals surface area (Å²) in [5, 5.41) is 0. The van der Waals surface area contributed by atoms with Crippen molar-refractivity contribution < 1.29 is 0 Å². The first-order valence-corrected chi connectivity index (χ1v) is 5.88. The minimum Gasteiger partial charge on any atom is -0.0620 e. The summed E-state index contributed by atoms with van der Waals surface area (Å²) >= 11 is 0. The van der Waals surface area contributed by atoms with Gasteiger partial charge < -0.3 is 0 Å². The minimum atomic E-state index is 1.11. The predicted octanol–water partition coefficient (Wildman–Crippen LogP) is 4.53. The van der Waals surface area contributed by atoms with Crippen molar-refractivity contribution in [1.29, 1.82) is 0 Å². The minimum absolute atomic E-state index is 1.11. The van der Waals surface area contributed by atoms with E-state index in [-0.39, 0.29) is 0 Å². The van der Waals surface area contributed by atoms with E-state index < -0.39 is 0 Å². The van der Waals surface area contributed by atoms with Gasteiger partial charge in [0.15, 0.2) is 0 Å². The molecular formula is C16H18. The zero-order valence-corrected chi connectivity index (χ0v) is 10.2. The van der Waals surface area contributed by atoms with Gasteiger partial charge in [-0.25, -0.2) is 0 Å². The molecule has 0 amide bonds. The Hall–Kier alpha value is -1.56. The van der Waals surface area contributed by atoms with Gasteiger partial charge in [-0.05, 0) is 48.1 Å². The third kappa shape index (κ3) is 2.01. The van der Waals surface area contributed by atoms with Gasteiger partial charge in [0.2, 0.25) is 0 Å². The molecule has 0 unspecified atom stereocenters. The number of hydrogen-bond donors (Lipinski definition) is 0. The topological polar surface area (TPSA) is 0 Å². The van der Waals surface area contributed by atoms with E-state index in [0.29, 0.717) is 0 Å². The molecule has 0 aromatic heterocycles. The number of hydrogen-bond acceptors (Lipinski definition) is 0. The number of aryl methyl sites for hydroxylation is 3. The van der Waals surface area contributed by atoms with Crippen LogP contribution < -0.4 is 0 Å². The fraction of sp³-hybridized carbons (Fsp3) is 0.250. The second kappa shape index (κ2) is 4.52. The maximum atomic E-state index is 2.29. The number of rotatable bonds is 2. The standard InChI is InChI=1S/C16H18/c1-4-14-9-10-16(13(3)11-14)15-8-6-5-7-12(15)2/h5-11H,4H2,1-3H3. The normalized spacial score (nSPS) is 10.4. The zero-order valence-electron chi connectivity index (χ0n) is 10.2. The van der Waals surface area contributed by atoms with Crippen molar-refractivity contribution in [1.82, 2.24) is 0 Å². The Balaban J connectivity index is 2.53. The Morgan fingerprint density at radius 2 is 1.50 bits per heavy atom. The first kappa shape index (κ1) is 10.9. The molecular weight excluding hydrogens is 192 g/mol. The van der Waals surface area contributed by atoms with Gasteiger partial charge in [0, 0.05) is 0 Å². The molecule has 0 spiro atoms. The van der Waals surface area contributed by atoms with E-state index in [1.807, 2.05) is 0 Å². The third-order valence-electron chi connectivity index (χ3n) is 3.13. The highest BCUT2D eigenvalue weighted by Gasteiger charge is 2.04. The van der Waals surface area contributed by atoms with Crippen molar-refractivity contribution in [2.45, 2.75) is 27.2 Å². The van der Waals surface area contributed by atoms with E-state index in [1.54, 1.807) is 0 Å². The maximum Gasteiger partial charge on any atom is -0.0152 e. The quantitative estimate of drug-likeness (QED) is 0.683. The summed E-state index contributed by atoms with van der Waals surface area (Å²) < 4.78 is 0. The summed E-state index contributed by atoms with van der Waals surface area (Å²) in [5.74, 6) is 0. The van der Waals surface area contributed by atoms with Gasteiger partial charge in [-0.15, -0.1) is 0 Å². The predicted molar refractivity (Wildman–Crippen MR) is 70.7 cm³/mol. The molecule has 0 saturated carbocycles. The maximum absolute atomic E-state index is 2.29. The Bertz CT molecular complexity index is 495. The van der Waals surface area contributed by atoms with Crippen LogP contribution in [-0.4, -0.2) is 0 Å². The molecule has 0 saturated heterocycles. The van der Waals surface area contributed by atoms with E-state index in [1.165, 1.54) is 27.8 Å². The first-order chi connectivity index (χ1) is 7.72. The lowest BCUT2D eigenvalue weighted by Gasteiger charge is -2.10. The van der Waals surface area contributed by atoms with Crippen molar-refractivity contribution in [3.05, 3.63) is 59.2 Å². The van der Waals surface area contributed by atoms with Gasteiger partial charge in [-0.1, -0.05) is 49.4 Å². The average molecular weight is 210 g/mol. The van der Waals surface area contributed by atoms with E-state index in [0.717, 1.165) is 6.42 Å². The van der Waals surface area contributed by atoms with E-state index in [2.05, 4.69) is 63.2 Å². The van der Waals surface area contributed by atoms with Crippen LogP contribution in [0.5, 0.6) is 0 Å². The van der Waals surface area contributed by atoms with Gasteiger partial charge in [-0.2, -0.15) is 0 Å². The Morgan fingerprint density at radius 1 is 0.812 bits per heavy atom. The summed E-state index contributed by atoms with van der Waals surface area (Å²) in [6.07, 6.45) is 1.11. The van der Waals surface area contributed by atoms with E-state index >= 15 is 0 Å². The van der Waals surface area contributed by atoms with Crippen molar-refractivity contribution in [3.63, 3.8) is 0 Å². The summed E-state index contributed by atoms with van der Waals surface area (Å²) in [5.41, 5.74) is 6.83. The molecule has 2 rings (SSSR count). The van der Waals surface area contributed by atoms with Gasteiger partial charge >= 0.3 is 0 Å². The fourth-order valence-corrected chi connectivity index (χ4v) is 2.12. The molecule has 0 aliphatic rings. The molecule has 2 aromatic rings. The van der Waals surface area contributed by atoms with Crippen LogP contribution in [-0.2, 0) is 6.42 Å². The lowest BCUT2D eigenvalue weighted by molar-refractivity contribution is 1.13. The average Bonchev–Trinajstić information content (AvgIpc) is 2.30. The molecule has 0 aliphatic carbocycles. The molecule has 0 nitrogen and oxygen atoms in total. The van der Waals surface area contributed by atoms with Crippen molar-refractivity contribution in [2.75, 3.05) is 0 Å². The third-order valence-corrected chi connectivity index (χ3v) is 3.13. The second-order valence-corrected chi connectivity index (χ2v) is 4.32. The molecule has 0 N–H and O–H groups in total. The summed E-state index contributed by atoms with van der Waals surface area (Å²) in [7, 11) is 0. The zero-order chi connectivity index (χ0) is 11.5. The van der Waals surface area contributed by atoms with Crippen LogP contribution >= 0.6 is 0 Å². The molecule has 0 radical (unpaired) electrons. The summed E-state index contributed by atoms with van der Waals surface area (Å²) in [6, 6.07) is 15.3. The monoisotopic (exact) mass is 210 g/mol. The molecule has 16 heavy (non-hydrogen) atoms. The highest BCUT2D eigenvalue weighted by Crippen LogP contribution is 2.27. The Morgan fingerprint density at radius 3 is 2.12 bits per heavy atom. The molecule has 2 aromatic carbocycles. The molecule has 0 aliphatic heterocycles. The molecule has 0 heterocycles. The fourth-order valence-electron chi connectivity index (χ4n) is 2.12. The summed E-state index contributed by atoms with van der Waals surface area (Å²) in [6.45, 7) is 6.56. The molecule has 0 atom stereocenters. The van der Waals surface area contributed by atoms with Crippen molar-refractivity contribution >= 4 is 0 Å². The van der Waals surface area contributed by atoms with Gasteiger partial charge in [0.05, 0.1) is 0 Å². The molecule has 82 valence electrons. The van der Waals surface area contributed by atoms with Crippen LogP contribution in [0.4, 0.5) is 0 Å². The second-order valence-electron chi connectivity index (χ2n) is 4.32. The lowest BCUT2D eigenvalue weighted by Crippen LogP contribution is -1.89. The van der Waals surface area contributed by atoms with Crippen LogP contribution in [0, 0.1) is 13.8 Å². The van der Waals surface area contributed by atoms with Crippen LogP contribution in [0.2, 0.25) is 0 Å². The largest absolute Gasteiger partial charge is 0.0620 e. The van der Waals surface area contributed by atoms with Crippen LogP contribution in [0.15, 0.2) is 42.5 Å². The molecule has 0 heteroatoms. The van der Waals surface area contributed by atoms with E-state index in [9.17, 15) is 0 Å². The summed E-state index contributed by atoms with van der Waals surface area (Å²) in [4.78, 5) is 0. The Labute approximate surface area is 97.9 Å². The van der Waals surface area contributed by atoms with Crippen molar-refractivity contribution in [3.8, 4) is 11.1 Å². The van der Waals surface area contributed by atoms with Crippen LogP contribution in [0.25, 0.3) is 11.1 Å². The van der Waals surface area contributed by atoms with Gasteiger partial charge in [0.1, 0.15) is 0 Å².